The van der Waals surface area contributed by atoms with Crippen LogP contribution in [-0.2, 0) is 20.1 Å². The van der Waals surface area contributed by atoms with Gasteiger partial charge in [0, 0.05) is 19.2 Å². The molecule has 0 aliphatic heterocycles. The molecule has 4 N–H and O–H groups in total. The Hall–Kier alpha value is -2.41. The van der Waals surface area contributed by atoms with Gasteiger partial charge in [-0.05, 0) is 5.56 Å². The van der Waals surface area contributed by atoms with E-state index in [1.807, 2.05) is 35.9 Å². The molecule has 1 heterocycles. The lowest BCUT2D eigenvalue weighted by Gasteiger charge is -2.09. The molecule has 0 aliphatic carbocycles. The van der Waals surface area contributed by atoms with Gasteiger partial charge in [0.2, 0.25) is 0 Å². The van der Waals surface area contributed by atoms with Gasteiger partial charge in [-0.15, -0.1) is 10.2 Å². The average molecular weight is 260 g/mol. The number of rotatable bonds is 5. The molecule has 1 aromatic heterocycles. The third-order valence-electron chi connectivity index (χ3n) is 2.80. The summed E-state index contributed by atoms with van der Waals surface area (Å²) in [6, 6.07) is 7.50. The number of hydrogen-bond donors (Lipinski definition) is 3. The molecular weight excluding hydrogens is 244 g/mol. The molecule has 0 saturated heterocycles. The minimum absolute atomic E-state index is 0.107. The smallest absolute Gasteiger partial charge is 0.170 e. The molecule has 0 atom stereocenters. The standard InChI is InChI=1S/C12H16N6O/c1-18-8-15-16-11(18)7-14-6-9-4-2-3-5-10(9)12(13)17-19/h2-5,8,14,19H,6-7H2,1H3,(H2,13,17). The van der Waals surface area contributed by atoms with E-state index in [0.29, 0.717) is 13.1 Å². The fraction of sp³-hybridized carbons (Fsp3) is 0.250. The first-order chi connectivity index (χ1) is 9.22. The molecule has 1 aromatic carbocycles. The predicted octanol–water partition coefficient (Wildman–Crippen LogP) is 0.199. The summed E-state index contributed by atoms with van der Waals surface area (Å²) in [6.45, 7) is 1.19. The molecule has 2 rings (SSSR count). The summed E-state index contributed by atoms with van der Waals surface area (Å²) in [7, 11) is 1.89. The second-order valence-corrected chi connectivity index (χ2v) is 4.10. The van der Waals surface area contributed by atoms with Gasteiger partial charge in [-0.25, -0.2) is 0 Å². The van der Waals surface area contributed by atoms with Crippen molar-refractivity contribution < 1.29 is 5.21 Å². The molecule has 2 aromatic rings. The quantitative estimate of drug-likeness (QED) is 0.308. The Morgan fingerprint density at radius 2 is 2.21 bits per heavy atom. The molecule has 0 aliphatic rings. The lowest BCUT2D eigenvalue weighted by Crippen LogP contribution is -2.20. The Morgan fingerprint density at radius 3 is 2.89 bits per heavy atom. The summed E-state index contributed by atoms with van der Waals surface area (Å²) in [4.78, 5) is 0. The molecule has 19 heavy (non-hydrogen) atoms. The molecule has 0 fully saturated rings. The molecule has 0 unspecified atom stereocenters. The zero-order valence-electron chi connectivity index (χ0n) is 10.6. The first kappa shape index (κ1) is 13.0. The second kappa shape index (κ2) is 5.96. The van der Waals surface area contributed by atoms with E-state index in [1.165, 1.54) is 0 Å². The van der Waals surface area contributed by atoms with E-state index in [0.717, 1.165) is 17.0 Å². The van der Waals surface area contributed by atoms with Gasteiger partial charge < -0.3 is 20.8 Å². The summed E-state index contributed by atoms with van der Waals surface area (Å²) >= 11 is 0. The highest BCUT2D eigenvalue weighted by Gasteiger charge is 2.06. The van der Waals surface area contributed by atoms with Crippen LogP contribution in [0.25, 0.3) is 0 Å². The SMILES string of the molecule is Cn1cnnc1CNCc1ccccc1C(N)=NO. The number of benzene rings is 1. The fourth-order valence-corrected chi connectivity index (χ4v) is 1.75. The molecule has 7 heteroatoms. The highest BCUT2D eigenvalue weighted by molar-refractivity contribution is 5.98. The lowest BCUT2D eigenvalue weighted by molar-refractivity contribution is 0.318. The molecule has 100 valence electrons. The van der Waals surface area contributed by atoms with E-state index >= 15 is 0 Å². The van der Waals surface area contributed by atoms with Crippen LogP contribution < -0.4 is 11.1 Å². The van der Waals surface area contributed by atoms with Gasteiger partial charge in [-0.1, -0.05) is 29.4 Å². The molecule has 0 saturated carbocycles. The van der Waals surface area contributed by atoms with Gasteiger partial charge in [-0.3, -0.25) is 0 Å². The summed E-state index contributed by atoms with van der Waals surface area (Å²) in [5, 5.41) is 22.8. The summed E-state index contributed by atoms with van der Waals surface area (Å²) < 4.78 is 1.85. The minimum Gasteiger partial charge on any atom is -0.409 e. The number of nitrogens with two attached hydrogens (primary N) is 1. The third-order valence-corrected chi connectivity index (χ3v) is 2.80. The molecular formula is C12H16N6O. The second-order valence-electron chi connectivity index (χ2n) is 4.10. The van der Waals surface area contributed by atoms with Gasteiger partial charge in [0.25, 0.3) is 0 Å². The highest BCUT2D eigenvalue weighted by atomic mass is 16.4. The summed E-state index contributed by atoms with van der Waals surface area (Å²) in [5.41, 5.74) is 7.31. The normalized spacial score (nSPS) is 11.7. The van der Waals surface area contributed by atoms with Crippen molar-refractivity contribution in [3.8, 4) is 0 Å². The van der Waals surface area contributed by atoms with Crippen LogP contribution in [0.2, 0.25) is 0 Å². The minimum atomic E-state index is 0.107. The number of amidine groups is 1. The zero-order chi connectivity index (χ0) is 13.7. The summed E-state index contributed by atoms with van der Waals surface area (Å²) in [6.07, 6.45) is 1.65. The van der Waals surface area contributed by atoms with Crippen molar-refractivity contribution in [1.82, 2.24) is 20.1 Å². The van der Waals surface area contributed by atoms with Gasteiger partial charge >= 0.3 is 0 Å². The Kier molecular flexibility index (Phi) is 4.09. The topological polar surface area (TPSA) is 101 Å². The molecule has 0 spiro atoms. The van der Waals surface area contributed by atoms with Gasteiger partial charge in [0.1, 0.15) is 12.2 Å². The first-order valence-corrected chi connectivity index (χ1v) is 5.81. The van der Waals surface area contributed by atoms with E-state index in [2.05, 4.69) is 20.7 Å². The van der Waals surface area contributed by atoms with E-state index < -0.39 is 0 Å². The van der Waals surface area contributed by atoms with Crippen LogP contribution in [0, 0.1) is 0 Å². The van der Waals surface area contributed by atoms with Crippen LogP contribution in [-0.4, -0.2) is 25.8 Å². The van der Waals surface area contributed by atoms with Gasteiger partial charge in [0.05, 0.1) is 6.54 Å². The van der Waals surface area contributed by atoms with E-state index in [9.17, 15) is 0 Å². The van der Waals surface area contributed by atoms with Crippen LogP contribution in [0.4, 0.5) is 0 Å². The Balaban J connectivity index is 2.02. The van der Waals surface area contributed by atoms with E-state index in [4.69, 9.17) is 10.9 Å². The number of oxime groups is 1. The Morgan fingerprint density at radius 1 is 1.42 bits per heavy atom. The predicted molar refractivity (Wildman–Crippen MR) is 70.5 cm³/mol. The Bertz CT molecular complexity index is 577. The molecule has 0 radical (unpaired) electrons. The van der Waals surface area contributed by atoms with Crippen molar-refractivity contribution in [2.75, 3.05) is 0 Å². The largest absolute Gasteiger partial charge is 0.409 e. The van der Waals surface area contributed by atoms with Crippen molar-refractivity contribution in [1.29, 1.82) is 0 Å². The van der Waals surface area contributed by atoms with Gasteiger partial charge in [-0.2, -0.15) is 0 Å². The molecule has 0 amide bonds. The summed E-state index contributed by atoms with van der Waals surface area (Å²) in [5.74, 6) is 0.956. The van der Waals surface area contributed by atoms with E-state index in [-0.39, 0.29) is 5.84 Å². The molecule has 7 nitrogen and oxygen atoms in total. The van der Waals surface area contributed by atoms with Gasteiger partial charge in [0.15, 0.2) is 5.84 Å². The van der Waals surface area contributed by atoms with E-state index in [1.54, 1.807) is 6.33 Å². The number of hydrogen-bond acceptors (Lipinski definition) is 5. The monoisotopic (exact) mass is 260 g/mol. The van der Waals surface area contributed by atoms with Crippen LogP contribution in [0.3, 0.4) is 0 Å². The molecule has 0 bridgehead atoms. The average Bonchev–Trinajstić information content (AvgIpc) is 2.84. The van der Waals surface area contributed by atoms with Crippen molar-refractivity contribution in [3.05, 3.63) is 47.5 Å². The fourth-order valence-electron chi connectivity index (χ4n) is 1.75. The van der Waals surface area contributed by atoms with Crippen molar-refractivity contribution in [2.24, 2.45) is 17.9 Å². The van der Waals surface area contributed by atoms with Crippen LogP contribution in [0.1, 0.15) is 17.0 Å². The number of aryl methyl sites for hydroxylation is 1. The van der Waals surface area contributed by atoms with Crippen LogP contribution in [0.15, 0.2) is 35.7 Å². The number of nitrogens with zero attached hydrogens (tertiary/aromatic N) is 4. The maximum absolute atomic E-state index is 8.75. The van der Waals surface area contributed by atoms with Crippen LogP contribution >= 0.6 is 0 Å². The maximum Gasteiger partial charge on any atom is 0.170 e. The first-order valence-electron chi connectivity index (χ1n) is 5.81. The van der Waals surface area contributed by atoms with Crippen LogP contribution in [0.5, 0.6) is 0 Å². The number of nitrogens with one attached hydrogen (secondary N) is 1. The zero-order valence-corrected chi connectivity index (χ0v) is 10.6. The Labute approximate surface area is 110 Å². The van der Waals surface area contributed by atoms with Crippen molar-refractivity contribution in [2.45, 2.75) is 13.1 Å². The third kappa shape index (κ3) is 3.08. The lowest BCUT2D eigenvalue weighted by atomic mass is 10.1. The van der Waals surface area contributed by atoms with Crippen molar-refractivity contribution >= 4 is 5.84 Å². The maximum atomic E-state index is 8.75. The highest BCUT2D eigenvalue weighted by Crippen LogP contribution is 2.08. The number of aromatic nitrogens is 3. The van der Waals surface area contributed by atoms with Crippen molar-refractivity contribution in [3.63, 3.8) is 0 Å².